The molecule has 0 aliphatic carbocycles. The lowest BCUT2D eigenvalue weighted by Gasteiger charge is -2.10. The van der Waals surface area contributed by atoms with Crippen LogP contribution >= 0.6 is 15.9 Å². The largest absolute Gasteiger partial charge is 0.374 e. The van der Waals surface area contributed by atoms with E-state index in [1.807, 2.05) is 61.9 Å². The summed E-state index contributed by atoms with van der Waals surface area (Å²) in [5, 5.41) is 2.94. The second-order valence-electron chi connectivity index (χ2n) is 5.34. The van der Waals surface area contributed by atoms with Crippen molar-refractivity contribution in [2.75, 3.05) is 5.32 Å². The molecule has 0 aliphatic rings. The summed E-state index contributed by atoms with van der Waals surface area (Å²) in [7, 11) is 0. The van der Waals surface area contributed by atoms with Crippen molar-refractivity contribution < 1.29 is 9.53 Å². The molecule has 1 aromatic carbocycles. The van der Waals surface area contributed by atoms with Gasteiger partial charge in [-0.1, -0.05) is 12.1 Å². The van der Waals surface area contributed by atoms with Crippen molar-refractivity contribution >= 4 is 27.5 Å². The van der Waals surface area contributed by atoms with Gasteiger partial charge in [-0.05, 0) is 60.5 Å². The summed E-state index contributed by atoms with van der Waals surface area (Å²) in [6, 6.07) is 9.55. The third kappa shape index (κ3) is 4.45. The van der Waals surface area contributed by atoms with E-state index in [1.54, 1.807) is 0 Å². The second-order valence-corrected chi connectivity index (χ2v) is 6.26. The average Bonchev–Trinajstić information content (AvgIpc) is 2.87. The maximum absolute atomic E-state index is 12.4. The molecule has 1 aromatic heterocycles. The number of hydrogen-bond acceptors (Lipinski definition) is 2. The van der Waals surface area contributed by atoms with Gasteiger partial charge in [0.1, 0.15) is 5.69 Å². The van der Waals surface area contributed by atoms with Crippen molar-refractivity contribution in [2.45, 2.75) is 40.0 Å². The Balaban J connectivity index is 2.09. The van der Waals surface area contributed by atoms with Gasteiger partial charge in [-0.3, -0.25) is 4.79 Å². The lowest BCUT2D eigenvalue weighted by molar-refractivity contribution is 0.0657. The van der Waals surface area contributed by atoms with Crippen LogP contribution < -0.4 is 5.32 Å². The van der Waals surface area contributed by atoms with Crippen LogP contribution in [-0.4, -0.2) is 16.6 Å². The quantitative estimate of drug-likeness (QED) is 0.822. The molecule has 1 heterocycles. The maximum Gasteiger partial charge on any atom is 0.272 e. The number of hydrogen-bond donors (Lipinski definition) is 1. The molecule has 5 heteroatoms. The number of halogens is 1. The molecule has 0 saturated carbocycles. The molecule has 2 rings (SSSR count). The molecule has 2 aromatic rings. The average molecular weight is 365 g/mol. The van der Waals surface area contributed by atoms with Gasteiger partial charge in [0.15, 0.2) is 0 Å². The summed E-state index contributed by atoms with van der Waals surface area (Å²) in [4.78, 5) is 12.4. The van der Waals surface area contributed by atoms with Crippen molar-refractivity contribution in [3.8, 4) is 0 Å². The molecule has 1 amide bonds. The Morgan fingerprint density at radius 1 is 1.36 bits per heavy atom. The summed E-state index contributed by atoms with van der Waals surface area (Å²) in [5.41, 5.74) is 2.45. The molecular weight excluding hydrogens is 344 g/mol. The number of amides is 1. The van der Waals surface area contributed by atoms with E-state index in [9.17, 15) is 4.79 Å². The van der Waals surface area contributed by atoms with Gasteiger partial charge in [0.25, 0.3) is 5.91 Å². The van der Waals surface area contributed by atoms with Crippen LogP contribution in [-0.2, 0) is 17.9 Å². The topological polar surface area (TPSA) is 43.3 Å². The molecule has 0 fully saturated rings. The molecule has 0 unspecified atom stereocenters. The molecule has 118 valence electrons. The van der Waals surface area contributed by atoms with E-state index in [1.165, 1.54) is 0 Å². The van der Waals surface area contributed by atoms with Gasteiger partial charge in [-0.15, -0.1) is 0 Å². The van der Waals surface area contributed by atoms with Crippen LogP contribution in [0.4, 0.5) is 5.69 Å². The van der Waals surface area contributed by atoms with E-state index in [0.717, 1.165) is 22.3 Å². The minimum absolute atomic E-state index is 0.116. The summed E-state index contributed by atoms with van der Waals surface area (Å²) in [5.74, 6) is -0.116. The Morgan fingerprint density at radius 2 is 2.14 bits per heavy atom. The smallest absolute Gasteiger partial charge is 0.272 e. The highest BCUT2D eigenvalue weighted by Gasteiger charge is 2.12. The first-order valence-corrected chi connectivity index (χ1v) is 8.16. The number of nitrogens with one attached hydrogen (secondary N) is 1. The van der Waals surface area contributed by atoms with Crippen LogP contribution in [0.15, 0.2) is 41.0 Å². The number of rotatable bonds is 6. The van der Waals surface area contributed by atoms with Crippen LogP contribution in [0.5, 0.6) is 0 Å². The fourth-order valence-corrected chi connectivity index (χ4v) is 2.59. The van der Waals surface area contributed by atoms with E-state index in [-0.39, 0.29) is 12.0 Å². The molecule has 1 N–H and O–H groups in total. The second kappa shape index (κ2) is 7.61. The zero-order valence-corrected chi connectivity index (χ0v) is 14.7. The number of aromatic nitrogens is 1. The number of carbonyl (C=O) groups excluding carboxylic acids is 1. The fourth-order valence-electron chi connectivity index (χ4n) is 2.12. The Labute approximate surface area is 139 Å². The molecule has 22 heavy (non-hydrogen) atoms. The van der Waals surface area contributed by atoms with E-state index in [4.69, 9.17) is 4.74 Å². The number of benzene rings is 1. The van der Waals surface area contributed by atoms with Crippen LogP contribution in [0.1, 0.15) is 36.8 Å². The standard InChI is InChI=1S/C17H21BrN2O2/c1-4-20-10-14(18)9-16(20)17(21)19-15-7-5-6-13(8-15)11-22-12(2)3/h5-10,12H,4,11H2,1-3H3,(H,19,21). The number of nitrogens with zero attached hydrogens (tertiary/aromatic N) is 1. The first-order valence-electron chi connectivity index (χ1n) is 7.37. The molecule has 0 radical (unpaired) electrons. The van der Waals surface area contributed by atoms with Crippen LogP contribution in [0.3, 0.4) is 0 Å². The maximum atomic E-state index is 12.4. The first kappa shape index (κ1) is 16.8. The van der Waals surface area contributed by atoms with Crippen molar-refractivity contribution in [1.82, 2.24) is 4.57 Å². The van der Waals surface area contributed by atoms with Crippen LogP contribution in [0.25, 0.3) is 0 Å². The van der Waals surface area contributed by atoms with Gasteiger partial charge in [-0.2, -0.15) is 0 Å². The molecule has 0 aliphatic heterocycles. The summed E-state index contributed by atoms with van der Waals surface area (Å²) >= 11 is 3.41. The van der Waals surface area contributed by atoms with Crippen molar-refractivity contribution in [1.29, 1.82) is 0 Å². The van der Waals surface area contributed by atoms with Gasteiger partial charge in [0.2, 0.25) is 0 Å². The SMILES string of the molecule is CCn1cc(Br)cc1C(=O)Nc1cccc(COC(C)C)c1. The lowest BCUT2D eigenvalue weighted by atomic mass is 10.2. The normalized spacial score (nSPS) is 11.0. The molecule has 0 spiro atoms. The van der Waals surface area contributed by atoms with Gasteiger partial charge < -0.3 is 14.6 Å². The van der Waals surface area contributed by atoms with E-state index in [0.29, 0.717) is 12.3 Å². The minimum atomic E-state index is -0.116. The molecular formula is C17H21BrN2O2. The molecule has 4 nitrogen and oxygen atoms in total. The van der Waals surface area contributed by atoms with Crippen molar-refractivity contribution in [3.63, 3.8) is 0 Å². The van der Waals surface area contributed by atoms with Crippen LogP contribution in [0.2, 0.25) is 0 Å². The summed E-state index contributed by atoms with van der Waals surface area (Å²) in [6.07, 6.45) is 2.09. The van der Waals surface area contributed by atoms with Gasteiger partial charge >= 0.3 is 0 Å². The Bertz CT molecular complexity index is 650. The van der Waals surface area contributed by atoms with Gasteiger partial charge in [0, 0.05) is 22.9 Å². The monoisotopic (exact) mass is 364 g/mol. The first-order chi connectivity index (χ1) is 10.5. The van der Waals surface area contributed by atoms with Crippen molar-refractivity contribution in [3.05, 3.63) is 52.3 Å². The Kier molecular flexibility index (Phi) is 5.80. The zero-order chi connectivity index (χ0) is 16.1. The Morgan fingerprint density at radius 3 is 2.82 bits per heavy atom. The zero-order valence-electron chi connectivity index (χ0n) is 13.1. The number of ether oxygens (including phenoxy) is 1. The highest BCUT2D eigenvalue weighted by Crippen LogP contribution is 2.18. The van der Waals surface area contributed by atoms with Crippen LogP contribution in [0, 0.1) is 0 Å². The predicted molar refractivity (Wildman–Crippen MR) is 92.1 cm³/mol. The van der Waals surface area contributed by atoms with E-state index >= 15 is 0 Å². The molecule has 0 bridgehead atoms. The number of carbonyl (C=O) groups is 1. The highest BCUT2D eigenvalue weighted by atomic mass is 79.9. The van der Waals surface area contributed by atoms with E-state index < -0.39 is 0 Å². The minimum Gasteiger partial charge on any atom is -0.374 e. The van der Waals surface area contributed by atoms with Crippen molar-refractivity contribution in [2.24, 2.45) is 0 Å². The summed E-state index contributed by atoms with van der Waals surface area (Å²) in [6.45, 7) is 7.30. The molecule has 0 saturated heterocycles. The fraction of sp³-hybridized carbons (Fsp3) is 0.353. The van der Waals surface area contributed by atoms with E-state index in [2.05, 4.69) is 21.2 Å². The molecule has 0 atom stereocenters. The number of anilines is 1. The predicted octanol–water partition coefficient (Wildman–Crippen LogP) is 4.45. The third-order valence-corrected chi connectivity index (χ3v) is 3.64. The number of aryl methyl sites for hydroxylation is 1. The third-order valence-electron chi connectivity index (χ3n) is 3.20. The lowest BCUT2D eigenvalue weighted by Crippen LogP contribution is -2.16. The Hall–Kier alpha value is -1.59. The summed E-state index contributed by atoms with van der Waals surface area (Å²) < 4.78 is 8.40. The highest BCUT2D eigenvalue weighted by molar-refractivity contribution is 9.10. The van der Waals surface area contributed by atoms with Gasteiger partial charge in [0.05, 0.1) is 12.7 Å². The van der Waals surface area contributed by atoms with Gasteiger partial charge in [-0.25, -0.2) is 0 Å².